The zero-order valence-corrected chi connectivity index (χ0v) is 9.33. The van der Waals surface area contributed by atoms with Crippen LogP contribution in [0, 0.1) is 0 Å². The number of rotatable bonds is 3. The molecule has 0 aromatic rings. The van der Waals surface area contributed by atoms with Crippen LogP contribution >= 0.6 is 23.5 Å². The highest BCUT2D eigenvalue weighted by molar-refractivity contribution is 8.14. The first kappa shape index (κ1) is 10.9. The van der Waals surface area contributed by atoms with Gasteiger partial charge in [-0.15, -0.1) is 0 Å². The van der Waals surface area contributed by atoms with Gasteiger partial charge in [0.25, 0.3) is 0 Å². The summed E-state index contributed by atoms with van der Waals surface area (Å²) in [5.74, 6) is 0.797. The lowest BCUT2D eigenvalue weighted by Crippen LogP contribution is -2.41. The average molecular weight is 219 g/mol. The van der Waals surface area contributed by atoms with E-state index in [0.717, 1.165) is 12.2 Å². The minimum Gasteiger partial charge on any atom is -0.344 e. The van der Waals surface area contributed by atoms with Gasteiger partial charge in [0.05, 0.1) is 11.3 Å². The second-order valence-electron chi connectivity index (χ2n) is 2.90. The Bertz CT molecular complexity index is 220. The van der Waals surface area contributed by atoms with E-state index in [4.69, 9.17) is 0 Å². The van der Waals surface area contributed by atoms with Gasteiger partial charge in [-0.2, -0.15) is 11.8 Å². The lowest BCUT2D eigenvalue weighted by atomic mass is 10.2. The Hall–Kier alpha value is -0.160. The van der Waals surface area contributed by atoms with Crippen LogP contribution in [0.4, 0.5) is 0 Å². The van der Waals surface area contributed by atoms with E-state index in [1.54, 1.807) is 0 Å². The van der Waals surface area contributed by atoms with Crippen LogP contribution in [0.2, 0.25) is 0 Å². The number of hydrogen-bond acceptors (Lipinski definition) is 4. The largest absolute Gasteiger partial charge is 0.344 e. The third kappa shape index (κ3) is 2.91. The smallest absolute Gasteiger partial charge is 0.233 e. The van der Waals surface area contributed by atoms with Crippen LogP contribution in [-0.2, 0) is 9.59 Å². The molecule has 1 fully saturated rings. The molecule has 1 heterocycles. The number of hydrogen-bond donors (Lipinski definition) is 1. The van der Waals surface area contributed by atoms with E-state index in [2.05, 4.69) is 5.32 Å². The lowest BCUT2D eigenvalue weighted by molar-refractivity contribution is -0.123. The van der Waals surface area contributed by atoms with Crippen molar-refractivity contribution in [3.63, 3.8) is 0 Å². The van der Waals surface area contributed by atoms with Gasteiger partial charge in [-0.25, -0.2) is 0 Å². The van der Waals surface area contributed by atoms with Gasteiger partial charge in [-0.3, -0.25) is 9.59 Å². The highest BCUT2D eigenvalue weighted by Crippen LogP contribution is 2.19. The fraction of sp³-hybridized carbons (Fsp3) is 0.750. The maximum atomic E-state index is 11.4. The van der Waals surface area contributed by atoms with Crippen molar-refractivity contribution in [2.24, 2.45) is 0 Å². The summed E-state index contributed by atoms with van der Waals surface area (Å²) in [6.45, 7) is 1.84. The van der Waals surface area contributed by atoms with Crippen LogP contribution < -0.4 is 5.32 Å². The van der Waals surface area contributed by atoms with E-state index in [-0.39, 0.29) is 22.3 Å². The minimum atomic E-state index is -0.243. The number of thioether (sulfide) groups is 2. The molecule has 0 radical (unpaired) electrons. The molecule has 13 heavy (non-hydrogen) atoms. The van der Waals surface area contributed by atoms with Crippen LogP contribution in [0.15, 0.2) is 0 Å². The second kappa shape index (κ2) is 4.91. The van der Waals surface area contributed by atoms with Crippen molar-refractivity contribution < 1.29 is 9.59 Å². The number of carbonyl (C=O) groups excluding carboxylic acids is 2. The molecule has 1 aliphatic rings. The van der Waals surface area contributed by atoms with Gasteiger partial charge in [-0.05, 0) is 19.6 Å². The Labute approximate surface area is 86.4 Å². The Morgan fingerprint density at radius 2 is 2.46 bits per heavy atom. The molecular formula is C8H13NO2S2. The van der Waals surface area contributed by atoms with Crippen molar-refractivity contribution in [2.45, 2.75) is 24.6 Å². The first-order valence-electron chi connectivity index (χ1n) is 4.15. The Morgan fingerprint density at radius 3 is 2.92 bits per heavy atom. The van der Waals surface area contributed by atoms with E-state index < -0.39 is 0 Å². The van der Waals surface area contributed by atoms with Gasteiger partial charge in [-0.1, -0.05) is 11.8 Å². The number of nitrogens with one attached hydrogen (secondary N) is 1. The van der Waals surface area contributed by atoms with Crippen molar-refractivity contribution in [1.29, 1.82) is 0 Å². The van der Waals surface area contributed by atoms with Crippen LogP contribution in [0.1, 0.15) is 13.3 Å². The summed E-state index contributed by atoms with van der Waals surface area (Å²) in [6, 6.07) is -0.243. The van der Waals surface area contributed by atoms with Gasteiger partial charge < -0.3 is 5.32 Å². The molecule has 1 saturated heterocycles. The molecule has 1 amide bonds. The Morgan fingerprint density at radius 1 is 1.77 bits per heavy atom. The molecule has 0 aliphatic carbocycles. The SMILES string of the molecule is CS[C@@H](C)C(=O)N[C@@H]1CCSC1=O. The molecular weight excluding hydrogens is 206 g/mol. The monoisotopic (exact) mass is 219 g/mol. The molecule has 3 nitrogen and oxygen atoms in total. The predicted octanol–water partition coefficient (Wildman–Crippen LogP) is 0.886. The molecule has 0 spiro atoms. The molecule has 74 valence electrons. The summed E-state index contributed by atoms with van der Waals surface area (Å²) in [5, 5.41) is 2.78. The second-order valence-corrected chi connectivity index (χ2v) is 5.17. The normalized spacial score (nSPS) is 24.5. The Kier molecular flexibility index (Phi) is 4.12. The first-order chi connectivity index (χ1) is 6.15. The highest BCUT2D eigenvalue weighted by atomic mass is 32.2. The third-order valence-electron chi connectivity index (χ3n) is 1.97. The summed E-state index contributed by atoms with van der Waals surface area (Å²) in [4.78, 5) is 22.5. The van der Waals surface area contributed by atoms with Crippen molar-refractivity contribution in [3.05, 3.63) is 0 Å². The molecule has 5 heteroatoms. The molecule has 0 aromatic carbocycles. The quantitative estimate of drug-likeness (QED) is 0.765. The summed E-state index contributed by atoms with van der Waals surface area (Å²) in [5.41, 5.74) is 0. The molecule has 0 unspecified atom stereocenters. The van der Waals surface area contributed by atoms with Crippen LogP contribution in [0.25, 0.3) is 0 Å². The fourth-order valence-corrected chi connectivity index (χ4v) is 2.24. The van der Waals surface area contributed by atoms with Crippen molar-refractivity contribution in [3.8, 4) is 0 Å². The van der Waals surface area contributed by atoms with E-state index >= 15 is 0 Å². The summed E-state index contributed by atoms with van der Waals surface area (Å²) in [7, 11) is 0. The topological polar surface area (TPSA) is 46.2 Å². The van der Waals surface area contributed by atoms with E-state index in [0.29, 0.717) is 0 Å². The van der Waals surface area contributed by atoms with Gasteiger partial charge in [0.15, 0.2) is 0 Å². The number of amides is 1. The van der Waals surface area contributed by atoms with Gasteiger partial charge in [0.2, 0.25) is 11.0 Å². The van der Waals surface area contributed by atoms with Gasteiger partial charge >= 0.3 is 0 Å². The predicted molar refractivity (Wildman–Crippen MR) is 57.0 cm³/mol. The van der Waals surface area contributed by atoms with Crippen molar-refractivity contribution in [2.75, 3.05) is 12.0 Å². The van der Waals surface area contributed by atoms with Gasteiger partial charge in [0, 0.05) is 5.75 Å². The van der Waals surface area contributed by atoms with Crippen LogP contribution in [0.3, 0.4) is 0 Å². The van der Waals surface area contributed by atoms with E-state index in [1.165, 1.54) is 23.5 Å². The minimum absolute atomic E-state index is 0.0339. The summed E-state index contributed by atoms with van der Waals surface area (Å²) < 4.78 is 0. The van der Waals surface area contributed by atoms with E-state index in [1.807, 2.05) is 13.2 Å². The maximum Gasteiger partial charge on any atom is 0.233 e. The third-order valence-corrected chi connectivity index (χ3v) is 3.90. The van der Waals surface area contributed by atoms with Gasteiger partial charge in [0.1, 0.15) is 0 Å². The standard InChI is InChI=1S/C8H13NO2S2/c1-5(12-2)7(10)9-6-3-4-13-8(6)11/h5-6H,3-4H2,1-2H3,(H,9,10)/t5-,6+/m0/s1. The Balaban J connectivity index is 2.39. The van der Waals surface area contributed by atoms with Crippen molar-refractivity contribution in [1.82, 2.24) is 5.32 Å². The van der Waals surface area contributed by atoms with Crippen LogP contribution in [0.5, 0.6) is 0 Å². The summed E-state index contributed by atoms with van der Waals surface area (Å²) in [6.07, 6.45) is 2.66. The van der Waals surface area contributed by atoms with Crippen LogP contribution in [-0.4, -0.2) is 34.3 Å². The summed E-state index contributed by atoms with van der Waals surface area (Å²) >= 11 is 2.79. The lowest BCUT2D eigenvalue weighted by Gasteiger charge is -2.13. The molecule has 2 atom stereocenters. The molecule has 1 rings (SSSR count). The molecule has 0 bridgehead atoms. The fourth-order valence-electron chi connectivity index (χ4n) is 1.02. The van der Waals surface area contributed by atoms with E-state index in [9.17, 15) is 9.59 Å². The number of carbonyl (C=O) groups is 2. The average Bonchev–Trinajstić information content (AvgIpc) is 2.50. The zero-order chi connectivity index (χ0) is 9.84. The first-order valence-corrected chi connectivity index (χ1v) is 6.42. The maximum absolute atomic E-state index is 11.4. The molecule has 1 aliphatic heterocycles. The molecule has 0 saturated carbocycles. The molecule has 1 N–H and O–H groups in total. The zero-order valence-electron chi connectivity index (χ0n) is 7.70. The molecule has 0 aromatic heterocycles. The van der Waals surface area contributed by atoms with Crippen molar-refractivity contribution >= 4 is 34.5 Å². The highest BCUT2D eigenvalue weighted by Gasteiger charge is 2.27.